The van der Waals surface area contributed by atoms with Gasteiger partial charge in [0.2, 0.25) is 0 Å². The van der Waals surface area contributed by atoms with Crippen LogP contribution in [0.25, 0.3) is 0 Å². The molecule has 0 bridgehead atoms. The molecule has 5 nitrogen and oxygen atoms in total. The highest BCUT2D eigenvalue weighted by Crippen LogP contribution is 2.23. The Morgan fingerprint density at radius 1 is 1.09 bits per heavy atom. The van der Waals surface area contributed by atoms with E-state index in [1.807, 2.05) is 48.0 Å². The first kappa shape index (κ1) is 15.6. The van der Waals surface area contributed by atoms with Gasteiger partial charge in [-0.2, -0.15) is 5.10 Å². The van der Waals surface area contributed by atoms with Crippen LogP contribution in [0.1, 0.15) is 18.2 Å². The van der Waals surface area contributed by atoms with E-state index in [9.17, 15) is 0 Å². The average molecular weight is 326 g/mol. The molecule has 118 valence electrons. The predicted molar refractivity (Wildman–Crippen MR) is 90.5 cm³/mol. The second kappa shape index (κ2) is 7.78. The fourth-order valence-corrected chi connectivity index (χ4v) is 3.02. The molecular formula is C17H18N4OS. The normalized spacial score (nSPS) is 10.7. The maximum absolute atomic E-state index is 5.68. The van der Waals surface area contributed by atoms with Gasteiger partial charge in [-0.15, -0.1) is 0 Å². The zero-order valence-corrected chi connectivity index (χ0v) is 13.7. The number of aromatic nitrogens is 4. The van der Waals surface area contributed by atoms with Crippen molar-refractivity contribution in [3.8, 4) is 5.75 Å². The summed E-state index contributed by atoms with van der Waals surface area (Å²) in [7, 11) is 0. The first-order valence-electron chi connectivity index (χ1n) is 7.48. The molecule has 0 atom stereocenters. The van der Waals surface area contributed by atoms with Crippen molar-refractivity contribution in [1.29, 1.82) is 0 Å². The maximum atomic E-state index is 5.68. The molecule has 0 amide bonds. The van der Waals surface area contributed by atoms with Gasteiger partial charge in [0.1, 0.15) is 12.1 Å². The lowest BCUT2D eigenvalue weighted by atomic mass is 10.2. The molecular weight excluding hydrogens is 308 g/mol. The molecule has 0 fully saturated rings. The van der Waals surface area contributed by atoms with Crippen LogP contribution in [0.15, 0.2) is 60.1 Å². The Morgan fingerprint density at radius 2 is 1.96 bits per heavy atom. The third kappa shape index (κ3) is 4.10. The molecule has 6 heteroatoms. The Bertz CT molecular complexity index is 745. The van der Waals surface area contributed by atoms with E-state index in [1.165, 1.54) is 0 Å². The summed E-state index contributed by atoms with van der Waals surface area (Å²) in [6, 6.07) is 13.9. The van der Waals surface area contributed by atoms with Crippen LogP contribution in [-0.2, 0) is 12.3 Å². The Morgan fingerprint density at radius 3 is 2.78 bits per heavy atom. The number of rotatable bonds is 7. The van der Waals surface area contributed by atoms with Crippen molar-refractivity contribution in [2.24, 2.45) is 0 Å². The predicted octanol–water partition coefficient (Wildman–Crippen LogP) is 3.41. The van der Waals surface area contributed by atoms with E-state index in [1.54, 1.807) is 24.3 Å². The van der Waals surface area contributed by atoms with Crippen molar-refractivity contribution in [2.75, 3.05) is 6.61 Å². The molecule has 3 aromatic rings. The van der Waals surface area contributed by atoms with Crippen molar-refractivity contribution >= 4 is 11.8 Å². The van der Waals surface area contributed by atoms with Gasteiger partial charge in [0.05, 0.1) is 18.8 Å². The maximum Gasteiger partial charge on any atom is 0.186 e. The fraction of sp³-hybridized carbons (Fsp3) is 0.235. The lowest BCUT2D eigenvalue weighted by Gasteiger charge is -2.11. The smallest absolute Gasteiger partial charge is 0.186 e. The third-order valence-electron chi connectivity index (χ3n) is 3.25. The summed E-state index contributed by atoms with van der Waals surface area (Å²) in [5, 5.41) is 5.21. The molecule has 0 radical (unpaired) electrons. The van der Waals surface area contributed by atoms with Crippen molar-refractivity contribution in [3.05, 3.63) is 66.2 Å². The van der Waals surface area contributed by atoms with Crippen LogP contribution in [0.5, 0.6) is 5.75 Å². The Kier molecular flexibility index (Phi) is 5.26. The van der Waals surface area contributed by atoms with Crippen LogP contribution >= 0.6 is 11.8 Å². The van der Waals surface area contributed by atoms with Crippen LogP contribution in [0.3, 0.4) is 0 Å². The third-order valence-corrected chi connectivity index (χ3v) is 4.26. The quantitative estimate of drug-likeness (QED) is 0.623. The highest BCUT2D eigenvalue weighted by molar-refractivity contribution is 7.98. The number of nitrogens with zero attached hydrogens (tertiary/aromatic N) is 4. The molecule has 0 aliphatic heterocycles. The first-order valence-corrected chi connectivity index (χ1v) is 8.46. The number of thioether (sulfide) groups is 1. The first-order chi connectivity index (χ1) is 11.4. The van der Waals surface area contributed by atoms with E-state index < -0.39 is 0 Å². The van der Waals surface area contributed by atoms with Gasteiger partial charge in [-0.25, -0.2) is 9.67 Å². The lowest BCUT2D eigenvalue weighted by Crippen LogP contribution is -2.06. The summed E-state index contributed by atoms with van der Waals surface area (Å²) in [6.45, 7) is 3.27. The average Bonchev–Trinajstić information content (AvgIpc) is 3.03. The molecule has 0 saturated carbocycles. The van der Waals surface area contributed by atoms with Crippen LogP contribution in [0, 0.1) is 0 Å². The summed E-state index contributed by atoms with van der Waals surface area (Å²) in [4.78, 5) is 8.68. The molecule has 0 N–H and O–H groups in total. The van der Waals surface area contributed by atoms with Crippen molar-refractivity contribution in [2.45, 2.75) is 24.4 Å². The summed E-state index contributed by atoms with van der Waals surface area (Å²) in [5.74, 6) is 1.67. The molecule has 0 unspecified atom stereocenters. The van der Waals surface area contributed by atoms with Crippen molar-refractivity contribution in [3.63, 3.8) is 0 Å². The topological polar surface area (TPSA) is 52.8 Å². The van der Waals surface area contributed by atoms with E-state index in [4.69, 9.17) is 4.74 Å². The van der Waals surface area contributed by atoms with Gasteiger partial charge in [-0.3, -0.25) is 4.98 Å². The Balaban J connectivity index is 1.71. The molecule has 2 aromatic heterocycles. The molecule has 0 aliphatic carbocycles. The van der Waals surface area contributed by atoms with Crippen LogP contribution < -0.4 is 4.74 Å². The molecule has 23 heavy (non-hydrogen) atoms. The van der Waals surface area contributed by atoms with Gasteiger partial charge < -0.3 is 4.74 Å². The SMILES string of the molecule is CCOc1ccccc1Cn1ncnc1SCc1ccccn1. The van der Waals surface area contributed by atoms with Crippen LogP contribution in [0.4, 0.5) is 0 Å². The monoisotopic (exact) mass is 326 g/mol. The molecule has 0 saturated heterocycles. The number of hydrogen-bond acceptors (Lipinski definition) is 5. The van der Waals surface area contributed by atoms with E-state index in [2.05, 4.69) is 21.1 Å². The number of ether oxygens (including phenoxy) is 1. The minimum atomic E-state index is 0.640. The highest BCUT2D eigenvalue weighted by Gasteiger charge is 2.09. The molecule has 3 rings (SSSR count). The number of benzene rings is 1. The molecule has 2 heterocycles. The number of pyridine rings is 1. The fourth-order valence-electron chi connectivity index (χ4n) is 2.19. The lowest BCUT2D eigenvalue weighted by molar-refractivity contribution is 0.335. The van der Waals surface area contributed by atoms with Gasteiger partial charge in [0.25, 0.3) is 0 Å². The van der Waals surface area contributed by atoms with E-state index in [-0.39, 0.29) is 0 Å². The van der Waals surface area contributed by atoms with Gasteiger partial charge >= 0.3 is 0 Å². The Hall–Kier alpha value is -2.34. The second-order valence-corrected chi connectivity index (χ2v) is 5.79. The zero-order chi connectivity index (χ0) is 15.9. The van der Waals surface area contributed by atoms with E-state index in [0.717, 1.165) is 27.9 Å². The molecule has 1 aromatic carbocycles. The number of hydrogen-bond donors (Lipinski definition) is 0. The van der Waals surface area contributed by atoms with E-state index in [0.29, 0.717) is 13.2 Å². The van der Waals surface area contributed by atoms with Gasteiger partial charge in [0.15, 0.2) is 5.16 Å². The highest BCUT2D eigenvalue weighted by atomic mass is 32.2. The Labute approximate surface area is 139 Å². The zero-order valence-electron chi connectivity index (χ0n) is 12.9. The molecule has 0 aliphatic rings. The van der Waals surface area contributed by atoms with Gasteiger partial charge in [-0.1, -0.05) is 36.0 Å². The molecule has 0 spiro atoms. The van der Waals surface area contributed by atoms with Crippen molar-refractivity contribution in [1.82, 2.24) is 19.7 Å². The van der Waals surface area contributed by atoms with Gasteiger partial charge in [-0.05, 0) is 25.1 Å². The van der Waals surface area contributed by atoms with Gasteiger partial charge in [0, 0.05) is 17.5 Å². The summed E-state index contributed by atoms with van der Waals surface area (Å²) < 4.78 is 7.57. The largest absolute Gasteiger partial charge is 0.494 e. The van der Waals surface area contributed by atoms with E-state index >= 15 is 0 Å². The summed E-state index contributed by atoms with van der Waals surface area (Å²) in [6.07, 6.45) is 3.39. The minimum Gasteiger partial charge on any atom is -0.494 e. The minimum absolute atomic E-state index is 0.640. The standard InChI is InChI=1S/C17H18N4OS/c1-2-22-16-9-4-3-7-14(16)11-21-17(19-13-20-21)23-12-15-8-5-6-10-18-15/h3-10,13H,2,11-12H2,1H3. The number of para-hydroxylation sites is 1. The van der Waals surface area contributed by atoms with Crippen molar-refractivity contribution < 1.29 is 4.74 Å². The van der Waals surface area contributed by atoms with Crippen LogP contribution in [0.2, 0.25) is 0 Å². The summed E-state index contributed by atoms with van der Waals surface area (Å²) >= 11 is 1.63. The second-order valence-electron chi connectivity index (χ2n) is 4.85. The van der Waals surface area contributed by atoms with Crippen LogP contribution in [-0.4, -0.2) is 26.4 Å². The summed E-state index contributed by atoms with van der Waals surface area (Å²) in [5.41, 5.74) is 2.13.